The molecule has 1 atom stereocenters. The number of nitrogens with zero attached hydrogens (tertiary/aromatic N) is 1. The lowest BCUT2D eigenvalue weighted by Crippen LogP contribution is -2.18. The van der Waals surface area contributed by atoms with E-state index in [2.05, 4.69) is 24.3 Å². The molecule has 0 aliphatic carbocycles. The van der Waals surface area contributed by atoms with E-state index in [1.807, 2.05) is 31.2 Å². The number of aromatic nitrogens is 1. The first kappa shape index (κ1) is 14.9. The monoisotopic (exact) mass is 294 g/mol. The Bertz CT molecular complexity index is 569. The topological polar surface area (TPSA) is 47.3 Å². The van der Waals surface area contributed by atoms with Gasteiger partial charge in [0.25, 0.3) is 0 Å². The Morgan fingerprint density at radius 2 is 2.20 bits per heavy atom. The summed E-state index contributed by atoms with van der Waals surface area (Å²) in [6.45, 7) is 7.28. The summed E-state index contributed by atoms with van der Waals surface area (Å²) in [6.07, 6.45) is 0. The molecule has 2 rings (SSSR count). The summed E-state index contributed by atoms with van der Waals surface area (Å²) in [5, 5.41) is 7.98. The van der Waals surface area contributed by atoms with Gasteiger partial charge in [0.15, 0.2) is 0 Å². The van der Waals surface area contributed by atoms with Crippen molar-refractivity contribution in [1.82, 2.24) is 10.5 Å². The lowest BCUT2D eigenvalue weighted by molar-refractivity contribution is 0.283. The molecule has 2 aromatic rings. The fourth-order valence-corrected chi connectivity index (χ4v) is 2.22. The molecule has 0 bridgehead atoms. The SMILES string of the molecule is CCNC(C)c1cc(Cl)ccc1OCc1cc(C)on1. The highest BCUT2D eigenvalue weighted by Gasteiger charge is 2.12. The molecule has 0 aliphatic rings. The smallest absolute Gasteiger partial charge is 0.134 e. The van der Waals surface area contributed by atoms with Crippen LogP contribution in [0.1, 0.15) is 36.9 Å². The van der Waals surface area contributed by atoms with Crippen LogP contribution in [-0.4, -0.2) is 11.7 Å². The zero-order chi connectivity index (χ0) is 14.5. The maximum Gasteiger partial charge on any atom is 0.134 e. The molecule has 0 saturated heterocycles. The molecule has 5 heteroatoms. The maximum atomic E-state index is 6.07. The summed E-state index contributed by atoms with van der Waals surface area (Å²) >= 11 is 6.07. The van der Waals surface area contributed by atoms with Crippen molar-refractivity contribution in [3.05, 3.63) is 46.3 Å². The molecule has 0 radical (unpaired) electrons. The van der Waals surface area contributed by atoms with Crippen LogP contribution in [0.25, 0.3) is 0 Å². The molecule has 20 heavy (non-hydrogen) atoms. The van der Waals surface area contributed by atoms with Crippen LogP contribution in [0.5, 0.6) is 5.75 Å². The standard InChI is InChI=1S/C15H19ClN2O2/c1-4-17-11(3)14-8-12(16)5-6-15(14)19-9-13-7-10(2)20-18-13/h5-8,11,17H,4,9H2,1-3H3. The number of ether oxygens (including phenoxy) is 1. The molecule has 108 valence electrons. The van der Waals surface area contributed by atoms with Gasteiger partial charge in [-0.3, -0.25) is 0 Å². The number of aryl methyl sites for hydroxylation is 1. The van der Waals surface area contributed by atoms with E-state index in [0.29, 0.717) is 11.6 Å². The summed E-state index contributed by atoms with van der Waals surface area (Å²) in [5.41, 5.74) is 1.82. The van der Waals surface area contributed by atoms with E-state index in [9.17, 15) is 0 Å². The van der Waals surface area contributed by atoms with Crippen LogP contribution in [0.3, 0.4) is 0 Å². The van der Waals surface area contributed by atoms with Gasteiger partial charge in [-0.05, 0) is 38.6 Å². The summed E-state index contributed by atoms with van der Waals surface area (Å²) in [5.74, 6) is 1.59. The predicted octanol–water partition coefficient (Wildman–Crippen LogP) is 3.89. The summed E-state index contributed by atoms with van der Waals surface area (Å²) in [7, 11) is 0. The minimum atomic E-state index is 0.174. The van der Waals surface area contributed by atoms with E-state index >= 15 is 0 Å². The number of halogens is 1. The molecular weight excluding hydrogens is 276 g/mol. The van der Waals surface area contributed by atoms with Gasteiger partial charge in [0, 0.05) is 22.7 Å². The van der Waals surface area contributed by atoms with Gasteiger partial charge in [-0.2, -0.15) is 0 Å². The predicted molar refractivity (Wildman–Crippen MR) is 79.1 cm³/mol. The van der Waals surface area contributed by atoms with Crippen LogP contribution in [0.15, 0.2) is 28.8 Å². The Morgan fingerprint density at radius 3 is 2.85 bits per heavy atom. The molecular formula is C15H19ClN2O2. The van der Waals surface area contributed by atoms with Crippen molar-refractivity contribution in [1.29, 1.82) is 0 Å². The summed E-state index contributed by atoms with van der Waals surface area (Å²) in [6, 6.07) is 7.68. The third-order valence-electron chi connectivity index (χ3n) is 3.00. The van der Waals surface area contributed by atoms with E-state index in [0.717, 1.165) is 29.3 Å². The summed E-state index contributed by atoms with van der Waals surface area (Å²) in [4.78, 5) is 0. The molecule has 0 aliphatic heterocycles. The minimum absolute atomic E-state index is 0.174. The summed E-state index contributed by atoms with van der Waals surface area (Å²) < 4.78 is 10.9. The van der Waals surface area contributed by atoms with Crippen LogP contribution in [0.4, 0.5) is 0 Å². The quantitative estimate of drug-likeness (QED) is 0.878. The van der Waals surface area contributed by atoms with Gasteiger partial charge >= 0.3 is 0 Å². The molecule has 1 heterocycles. The van der Waals surface area contributed by atoms with E-state index in [4.69, 9.17) is 20.9 Å². The van der Waals surface area contributed by atoms with Crippen LogP contribution < -0.4 is 10.1 Å². The lowest BCUT2D eigenvalue weighted by Gasteiger charge is -2.17. The van der Waals surface area contributed by atoms with Gasteiger partial charge in [-0.25, -0.2) is 0 Å². The van der Waals surface area contributed by atoms with Crippen molar-refractivity contribution in [2.45, 2.75) is 33.4 Å². The zero-order valence-electron chi connectivity index (χ0n) is 11.9. The second kappa shape index (κ2) is 6.77. The van der Waals surface area contributed by atoms with Gasteiger partial charge < -0.3 is 14.6 Å². The van der Waals surface area contributed by atoms with Gasteiger partial charge in [0.05, 0.1) is 0 Å². The Kier molecular flexibility index (Phi) is 5.04. The first-order valence-electron chi connectivity index (χ1n) is 6.68. The average molecular weight is 295 g/mol. The van der Waals surface area contributed by atoms with Crippen molar-refractivity contribution >= 4 is 11.6 Å². The van der Waals surface area contributed by atoms with Crippen molar-refractivity contribution in [2.24, 2.45) is 0 Å². The normalized spacial score (nSPS) is 12.4. The fourth-order valence-electron chi connectivity index (χ4n) is 2.04. The molecule has 1 N–H and O–H groups in total. The molecule has 0 spiro atoms. The van der Waals surface area contributed by atoms with E-state index in [1.165, 1.54) is 0 Å². The highest BCUT2D eigenvalue weighted by molar-refractivity contribution is 6.30. The van der Waals surface area contributed by atoms with Gasteiger partial charge in [0.2, 0.25) is 0 Å². The molecule has 0 saturated carbocycles. The second-order valence-corrected chi connectivity index (χ2v) is 5.12. The van der Waals surface area contributed by atoms with Crippen molar-refractivity contribution < 1.29 is 9.26 Å². The van der Waals surface area contributed by atoms with Crippen LogP contribution >= 0.6 is 11.6 Å². The maximum absolute atomic E-state index is 6.07. The molecule has 4 nitrogen and oxygen atoms in total. The molecule has 1 unspecified atom stereocenters. The highest BCUT2D eigenvalue weighted by atomic mass is 35.5. The van der Waals surface area contributed by atoms with Gasteiger partial charge in [0.1, 0.15) is 23.8 Å². The molecule has 0 fully saturated rings. The van der Waals surface area contributed by atoms with E-state index in [1.54, 1.807) is 0 Å². The first-order chi connectivity index (χ1) is 9.60. The Balaban J connectivity index is 2.13. The van der Waals surface area contributed by atoms with Crippen LogP contribution in [0.2, 0.25) is 5.02 Å². The van der Waals surface area contributed by atoms with E-state index in [-0.39, 0.29) is 6.04 Å². The second-order valence-electron chi connectivity index (χ2n) is 4.68. The van der Waals surface area contributed by atoms with E-state index < -0.39 is 0 Å². The Hall–Kier alpha value is -1.52. The van der Waals surface area contributed by atoms with Gasteiger partial charge in [-0.15, -0.1) is 0 Å². The van der Waals surface area contributed by atoms with Crippen LogP contribution in [-0.2, 0) is 6.61 Å². The van der Waals surface area contributed by atoms with Crippen molar-refractivity contribution in [2.75, 3.05) is 6.54 Å². The molecule has 1 aromatic heterocycles. The fraction of sp³-hybridized carbons (Fsp3) is 0.400. The molecule has 1 aromatic carbocycles. The highest BCUT2D eigenvalue weighted by Crippen LogP contribution is 2.29. The number of hydrogen-bond donors (Lipinski definition) is 1. The number of nitrogens with one attached hydrogen (secondary N) is 1. The number of hydrogen-bond acceptors (Lipinski definition) is 4. The van der Waals surface area contributed by atoms with Crippen molar-refractivity contribution in [3.8, 4) is 5.75 Å². The minimum Gasteiger partial charge on any atom is -0.487 e. The number of benzene rings is 1. The lowest BCUT2D eigenvalue weighted by atomic mass is 10.1. The Labute approximate surface area is 124 Å². The number of rotatable bonds is 6. The largest absolute Gasteiger partial charge is 0.487 e. The zero-order valence-corrected chi connectivity index (χ0v) is 12.7. The third kappa shape index (κ3) is 3.74. The van der Waals surface area contributed by atoms with Gasteiger partial charge in [-0.1, -0.05) is 23.7 Å². The first-order valence-corrected chi connectivity index (χ1v) is 7.05. The Morgan fingerprint density at radius 1 is 1.40 bits per heavy atom. The third-order valence-corrected chi connectivity index (χ3v) is 3.24. The van der Waals surface area contributed by atoms with Crippen molar-refractivity contribution in [3.63, 3.8) is 0 Å². The average Bonchev–Trinajstić information content (AvgIpc) is 2.83. The van der Waals surface area contributed by atoms with Crippen LogP contribution in [0, 0.1) is 6.92 Å². The molecule has 0 amide bonds.